The first kappa shape index (κ1) is 15.4. The maximum atomic E-state index is 11.0. The van der Waals surface area contributed by atoms with Gasteiger partial charge in [-0.1, -0.05) is 0 Å². The second-order valence-electron chi connectivity index (χ2n) is 5.00. The Labute approximate surface area is 137 Å². The zero-order chi connectivity index (χ0) is 16.2. The van der Waals surface area contributed by atoms with Crippen LogP contribution in [0.1, 0.15) is 12.7 Å². The monoisotopic (exact) mass is 333 g/mol. The highest BCUT2D eigenvalue weighted by molar-refractivity contribution is 6.28. The summed E-state index contributed by atoms with van der Waals surface area (Å²) >= 11 is 6.03. The zero-order valence-corrected chi connectivity index (χ0v) is 13.3. The summed E-state index contributed by atoms with van der Waals surface area (Å²) in [7, 11) is 0. The third-order valence-electron chi connectivity index (χ3n) is 3.33. The summed E-state index contributed by atoms with van der Waals surface area (Å²) < 4.78 is 7.22. The Morgan fingerprint density at radius 3 is 3.00 bits per heavy atom. The third-order valence-corrected chi connectivity index (χ3v) is 3.50. The first-order chi connectivity index (χ1) is 11.1. The molecule has 1 amide bonds. The van der Waals surface area contributed by atoms with Crippen LogP contribution in [0.15, 0.2) is 35.1 Å². The third kappa shape index (κ3) is 3.62. The van der Waals surface area contributed by atoms with Gasteiger partial charge in [0.2, 0.25) is 11.2 Å². The first-order valence-electron chi connectivity index (χ1n) is 7.16. The van der Waals surface area contributed by atoms with Gasteiger partial charge in [-0.3, -0.25) is 4.79 Å². The normalized spacial score (nSPS) is 10.9. The molecule has 7 nitrogen and oxygen atoms in total. The van der Waals surface area contributed by atoms with E-state index in [0.29, 0.717) is 25.5 Å². The molecule has 120 valence electrons. The fraction of sp³-hybridized carbons (Fsp3) is 0.267. The maximum Gasteiger partial charge on any atom is 0.226 e. The molecule has 3 aromatic rings. The van der Waals surface area contributed by atoms with Crippen molar-refractivity contribution in [3.63, 3.8) is 0 Å². The number of nitrogens with one attached hydrogen (secondary N) is 2. The summed E-state index contributed by atoms with van der Waals surface area (Å²) in [6.45, 7) is 3.12. The fourth-order valence-corrected chi connectivity index (χ4v) is 2.45. The number of carbonyl (C=O) groups is 1. The number of rotatable bonds is 6. The highest BCUT2D eigenvalue weighted by Gasteiger charge is 2.11. The summed E-state index contributed by atoms with van der Waals surface area (Å²) in [5, 5.41) is 6.99. The summed E-state index contributed by atoms with van der Waals surface area (Å²) in [4.78, 5) is 19.5. The number of furan rings is 1. The van der Waals surface area contributed by atoms with Gasteiger partial charge in [-0.15, -0.1) is 0 Å². The van der Waals surface area contributed by atoms with Crippen LogP contribution in [0.2, 0.25) is 5.28 Å². The number of amides is 1. The molecule has 0 bridgehead atoms. The molecular formula is C15H16ClN5O2. The van der Waals surface area contributed by atoms with Crippen molar-refractivity contribution in [3.05, 3.63) is 41.7 Å². The molecule has 3 rings (SSSR count). The van der Waals surface area contributed by atoms with Gasteiger partial charge >= 0.3 is 0 Å². The maximum absolute atomic E-state index is 11.0. The van der Waals surface area contributed by atoms with Crippen LogP contribution >= 0.6 is 11.6 Å². The number of carbonyl (C=O) groups excluding carboxylic acids is 1. The molecule has 0 unspecified atom stereocenters. The van der Waals surface area contributed by atoms with Crippen LogP contribution in [0.4, 0.5) is 5.82 Å². The molecule has 0 aliphatic carbocycles. The molecular weight excluding hydrogens is 318 g/mol. The van der Waals surface area contributed by atoms with Crippen LogP contribution in [0.3, 0.4) is 0 Å². The van der Waals surface area contributed by atoms with E-state index >= 15 is 0 Å². The largest absolute Gasteiger partial charge is 0.467 e. The van der Waals surface area contributed by atoms with Gasteiger partial charge in [-0.2, -0.15) is 4.98 Å². The summed E-state index contributed by atoms with van der Waals surface area (Å²) in [5.41, 5.74) is 0.720. The Morgan fingerprint density at radius 2 is 2.26 bits per heavy atom. The van der Waals surface area contributed by atoms with E-state index in [4.69, 9.17) is 16.0 Å². The predicted molar refractivity (Wildman–Crippen MR) is 87.3 cm³/mol. The molecule has 0 aliphatic rings. The number of anilines is 1. The number of nitrogens with zero attached hydrogens (tertiary/aromatic N) is 3. The molecule has 2 N–H and O–H groups in total. The zero-order valence-electron chi connectivity index (χ0n) is 12.5. The second kappa shape index (κ2) is 6.70. The van der Waals surface area contributed by atoms with Crippen molar-refractivity contribution in [2.45, 2.75) is 20.0 Å². The Hall–Kier alpha value is -2.54. The van der Waals surface area contributed by atoms with E-state index in [1.807, 2.05) is 29.0 Å². The summed E-state index contributed by atoms with van der Waals surface area (Å²) in [5.74, 6) is 1.39. The van der Waals surface area contributed by atoms with E-state index in [9.17, 15) is 4.79 Å². The van der Waals surface area contributed by atoms with E-state index in [-0.39, 0.29) is 11.2 Å². The molecule has 0 fully saturated rings. The Bertz CT molecular complexity index is 813. The van der Waals surface area contributed by atoms with Crippen LogP contribution < -0.4 is 10.6 Å². The van der Waals surface area contributed by atoms with Gasteiger partial charge in [0.25, 0.3) is 0 Å². The topological polar surface area (TPSA) is 85.0 Å². The van der Waals surface area contributed by atoms with Gasteiger partial charge in [0, 0.05) is 26.2 Å². The Kier molecular flexibility index (Phi) is 4.47. The van der Waals surface area contributed by atoms with Crippen molar-refractivity contribution in [2.24, 2.45) is 0 Å². The van der Waals surface area contributed by atoms with Crippen molar-refractivity contribution in [1.82, 2.24) is 19.9 Å². The van der Waals surface area contributed by atoms with Crippen molar-refractivity contribution >= 4 is 34.4 Å². The Balaban J connectivity index is 1.81. The number of halogens is 1. The van der Waals surface area contributed by atoms with Crippen molar-refractivity contribution in [2.75, 3.05) is 11.9 Å². The Morgan fingerprint density at radius 1 is 1.39 bits per heavy atom. The molecule has 3 aromatic heterocycles. The van der Waals surface area contributed by atoms with Crippen LogP contribution in [0.25, 0.3) is 11.0 Å². The molecule has 0 spiro atoms. The van der Waals surface area contributed by atoms with Crippen molar-refractivity contribution < 1.29 is 9.21 Å². The van der Waals surface area contributed by atoms with E-state index in [1.54, 1.807) is 6.26 Å². The minimum absolute atomic E-state index is 0.0603. The molecule has 0 radical (unpaired) electrons. The van der Waals surface area contributed by atoms with E-state index in [2.05, 4.69) is 20.6 Å². The standard InChI is InChI=1S/C15H16ClN5O2/c1-10(22)17-5-7-21-6-4-12-13(19-15(16)20-14(12)21)18-9-11-3-2-8-23-11/h2-4,6,8H,5,7,9H2,1H3,(H,17,22)(H,18,19,20). The van der Waals surface area contributed by atoms with Crippen LogP contribution in [0, 0.1) is 0 Å². The van der Waals surface area contributed by atoms with Gasteiger partial charge in [0.05, 0.1) is 18.2 Å². The predicted octanol–water partition coefficient (Wildman–Crippen LogP) is 2.43. The van der Waals surface area contributed by atoms with Gasteiger partial charge in [0.1, 0.15) is 17.2 Å². The molecule has 8 heteroatoms. The lowest BCUT2D eigenvalue weighted by Crippen LogP contribution is -2.24. The van der Waals surface area contributed by atoms with E-state index < -0.39 is 0 Å². The van der Waals surface area contributed by atoms with Crippen LogP contribution in [-0.2, 0) is 17.9 Å². The molecule has 3 heterocycles. The molecule has 0 saturated heterocycles. The molecule has 0 atom stereocenters. The lowest BCUT2D eigenvalue weighted by Gasteiger charge is -2.08. The van der Waals surface area contributed by atoms with Crippen LogP contribution in [-0.4, -0.2) is 27.0 Å². The minimum Gasteiger partial charge on any atom is -0.467 e. The minimum atomic E-state index is -0.0603. The van der Waals surface area contributed by atoms with Crippen LogP contribution in [0.5, 0.6) is 0 Å². The quantitative estimate of drug-likeness (QED) is 0.677. The first-order valence-corrected chi connectivity index (χ1v) is 7.54. The molecule has 0 aromatic carbocycles. The lowest BCUT2D eigenvalue weighted by atomic mass is 10.3. The highest BCUT2D eigenvalue weighted by atomic mass is 35.5. The SMILES string of the molecule is CC(=O)NCCn1ccc2c(NCc3ccco3)nc(Cl)nc21. The van der Waals surface area contributed by atoms with E-state index in [1.165, 1.54) is 6.92 Å². The van der Waals surface area contributed by atoms with Gasteiger partial charge in [-0.25, -0.2) is 4.98 Å². The number of fused-ring (bicyclic) bond motifs is 1. The average molecular weight is 334 g/mol. The molecule has 0 aliphatic heterocycles. The summed E-state index contributed by atoms with van der Waals surface area (Å²) in [6.07, 6.45) is 3.52. The highest BCUT2D eigenvalue weighted by Crippen LogP contribution is 2.23. The van der Waals surface area contributed by atoms with Crippen molar-refractivity contribution in [1.29, 1.82) is 0 Å². The van der Waals surface area contributed by atoms with Crippen molar-refractivity contribution in [3.8, 4) is 0 Å². The lowest BCUT2D eigenvalue weighted by molar-refractivity contribution is -0.118. The second-order valence-corrected chi connectivity index (χ2v) is 5.34. The molecule has 0 saturated carbocycles. The smallest absolute Gasteiger partial charge is 0.226 e. The number of hydrogen-bond acceptors (Lipinski definition) is 5. The number of hydrogen-bond donors (Lipinski definition) is 2. The fourth-order valence-electron chi connectivity index (χ4n) is 2.29. The number of aromatic nitrogens is 3. The van der Waals surface area contributed by atoms with Gasteiger partial charge in [0.15, 0.2) is 0 Å². The molecule has 23 heavy (non-hydrogen) atoms. The average Bonchev–Trinajstić information content (AvgIpc) is 3.14. The van der Waals surface area contributed by atoms with Gasteiger partial charge < -0.3 is 19.6 Å². The van der Waals surface area contributed by atoms with E-state index in [0.717, 1.165) is 16.8 Å². The van der Waals surface area contributed by atoms with Gasteiger partial charge in [-0.05, 0) is 29.8 Å². The summed E-state index contributed by atoms with van der Waals surface area (Å²) in [6, 6.07) is 5.63.